The topological polar surface area (TPSA) is 111 Å². The molecule has 0 fully saturated rings. The van der Waals surface area contributed by atoms with Crippen LogP contribution in [0.2, 0.25) is 0 Å². The van der Waals surface area contributed by atoms with E-state index in [-0.39, 0.29) is 11.5 Å². The SMILES string of the molecule is COc1ccc(C)cc1-c1cc(=O)[nH]c(=S)n1CCCN=C(N)N. The Labute approximate surface area is 145 Å². The zero-order chi connectivity index (χ0) is 17.7. The maximum atomic E-state index is 11.9. The van der Waals surface area contributed by atoms with E-state index in [1.165, 1.54) is 6.07 Å². The first-order chi connectivity index (χ1) is 11.4. The maximum absolute atomic E-state index is 11.9. The van der Waals surface area contributed by atoms with E-state index in [2.05, 4.69) is 9.98 Å². The molecule has 0 bridgehead atoms. The second-order valence-corrected chi connectivity index (χ2v) is 5.73. The number of rotatable bonds is 6. The van der Waals surface area contributed by atoms with Gasteiger partial charge in [0.1, 0.15) is 5.75 Å². The molecule has 2 aromatic rings. The Balaban J connectivity index is 2.50. The van der Waals surface area contributed by atoms with Gasteiger partial charge in [0, 0.05) is 24.7 Å². The number of nitrogens with two attached hydrogens (primary N) is 2. The molecule has 1 aromatic carbocycles. The molecule has 0 aliphatic heterocycles. The van der Waals surface area contributed by atoms with Crippen molar-refractivity contribution in [3.8, 4) is 17.0 Å². The summed E-state index contributed by atoms with van der Waals surface area (Å²) in [4.78, 5) is 18.5. The highest BCUT2D eigenvalue weighted by Crippen LogP contribution is 2.30. The Hall–Kier alpha value is -2.61. The summed E-state index contributed by atoms with van der Waals surface area (Å²) in [6, 6.07) is 7.31. The number of aryl methyl sites for hydroxylation is 1. The third-order valence-electron chi connectivity index (χ3n) is 3.50. The minimum absolute atomic E-state index is 0.0562. The fourth-order valence-corrected chi connectivity index (χ4v) is 2.71. The second-order valence-electron chi connectivity index (χ2n) is 5.34. The van der Waals surface area contributed by atoms with Crippen molar-refractivity contribution in [1.82, 2.24) is 9.55 Å². The van der Waals surface area contributed by atoms with Gasteiger partial charge in [0.2, 0.25) is 0 Å². The molecule has 5 N–H and O–H groups in total. The van der Waals surface area contributed by atoms with Crippen molar-refractivity contribution in [2.24, 2.45) is 16.5 Å². The van der Waals surface area contributed by atoms with Gasteiger partial charge in [-0.15, -0.1) is 0 Å². The smallest absolute Gasteiger partial charge is 0.252 e. The molecule has 0 atom stereocenters. The van der Waals surface area contributed by atoms with Gasteiger partial charge < -0.3 is 20.8 Å². The van der Waals surface area contributed by atoms with Gasteiger partial charge in [-0.2, -0.15) is 0 Å². The van der Waals surface area contributed by atoms with Gasteiger partial charge in [-0.1, -0.05) is 11.6 Å². The summed E-state index contributed by atoms with van der Waals surface area (Å²) in [6.45, 7) is 3.03. The molecule has 7 nitrogen and oxygen atoms in total. The van der Waals surface area contributed by atoms with E-state index in [1.54, 1.807) is 7.11 Å². The molecule has 0 aliphatic rings. The van der Waals surface area contributed by atoms with Gasteiger partial charge in [-0.05, 0) is 37.7 Å². The van der Waals surface area contributed by atoms with Crippen LogP contribution in [0.4, 0.5) is 0 Å². The van der Waals surface area contributed by atoms with Gasteiger partial charge in [0.05, 0.1) is 12.8 Å². The molecule has 0 unspecified atom stereocenters. The summed E-state index contributed by atoms with van der Waals surface area (Å²) in [6.07, 6.45) is 0.680. The fraction of sp³-hybridized carbons (Fsp3) is 0.312. The van der Waals surface area contributed by atoms with E-state index >= 15 is 0 Å². The summed E-state index contributed by atoms with van der Waals surface area (Å²) >= 11 is 5.32. The van der Waals surface area contributed by atoms with Crippen LogP contribution in [0.1, 0.15) is 12.0 Å². The lowest BCUT2D eigenvalue weighted by molar-refractivity contribution is 0.415. The monoisotopic (exact) mass is 347 g/mol. The van der Waals surface area contributed by atoms with Crippen molar-refractivity contribution in [1.29, 1.82) is 0 Å². The Morgan fingerprint density at radius 2 is 2.12 bits per heavy atom. The van der Waals surface area contributed by atoms with E-state index in [1.807, 2.05) is 29.7 Å². The van der Waals surface area contributed by atoms with E-state index in [9.17, 15) is 4.79 Å². The quantitative estimate of drug-likeness (QED) is 0.318. The Bertz CT molecular complexity index is 866. The number of nitrogens with one attached hydrogen (secondary N) is 1. The van der Waals surface area contributed by atoms with Crippen molar-refractivity contribution in [3.63, 3.8) is 0 Å². The summed E-state index contributed by atoms with van der Waals surface area (Å²) in [5.74, 6) is 0.735. The van der Waals surface area contributed by atoms with Crippen LogP contribution in [0.15, 0.2) is 34.1 Å². The molecule has 0 radical (unpaired) electrons. The molecule has 0 amide bonds. The lowest BCUT2D eigenvalue weighted by Crippen LogP contribution is -2.23. The number of nitrogens with zero attached hydrogens (tertiary/aromatic N) is 2. The third kappa shape index (κ3) is 4.23. The average Bonchev–Trinajstić information content (AvgIpc) is 2.52. The van der Waals surface area contributed by atoms with Crippen LogP contribution in [-0.2, 0) is 6.54 Å². The zero-order valence-electron chi connectivity index (χ0n) is 13.7. The van der Waals surface area contributed by atoms with Crippen LogP contribution in [-0.4, -0.2) is 29.2 Å². The molecule has 0 aliphatic carbocycles. The van der Waals surface area contributed by atoms with Gasteiger partial charge in [-0.25, -0.2) is 0 Å². The molecule has 0 saturated carbocycles. The summed E-state index contributed by atoms with van der Waals surface area (Å²) < 4.78 is 7.64. The van der Waals surface area contributed by atoms with Crippen LogP contribution >= 0.6 is 12.2 Å². The summed E-state index contributed by atoms with van der Waals surface area (Å²) in [5.41, 5.74) is 13.0. The molecular formula is C16H21N5O2S. The van der Waals surface area contributed by atoms with Gasteiger partial charge in [0.25, 0.3) is 5.56 Å². The Morgan fingerprint density at radius 3 is 2.79 bits per heavy atom. The normalized spacial score (nSPS) is 10.4. The van der Waals surface area contributed by atoms with Crippen molar-refractivity contribution < 1.29 is 4.74 Å². The van der Waals surface area contributed by atoms with E-state index in [4.69, 9.17) is 28.4 Å². The lowest BCUT2D eigenvalue weighted by Gasteiger charge is -2.16. The maximum Gasteiger partial charge on any atom is 0.252 e. The summed E-state index contributed by atoms with van der Waals surface area (Å²) in [7, 11) is 1.60. The number of methoxy groups -OCH3 is 1. The first-order valence-electron chi connectivity index (χ1n) is 7.47. The molecular weight excluding hydrogens is 326 g/mol. The van der Waals surface area contributed by atoms with Gasteiger partial charge >= 0.3 is 0 Å². The van der Waals surface area contributed by atoms with Crippen LogP contribution in [0, 0.1) is 11.7 Å². The first kappa shape index (κ1) is 17.7. The van der Waals surface area contributed by atoms with Crippen LogP contribution in [0.5, 0.6) is 5.75 Å². The number of aliphatic imine (C=N–C) groups is 1. The fourth-order valence-electron chi connectivity index (χ4n) is 2.42. The van der Waals surface area contributed by atoms with Crippen LogP contribution in [0.25, 0.3) is 11.3 Å². The Kier molecular flexibility index (Phi) is 5.75. The van der Waals surface area contributed by atoms with Crippen molar-refractivity contribution in [2.45, 2.75) is 19.9 Å². The second kappa shape index (κ2) is 7.78. The highest BCUT2D eigenvalue weighted by atomic mass is 32.1. The minimum Gasteiger partial charge on any atom is -0.496 e. The molecule has 8 heteroatoms. The number of H-pyrrole nitrogens is 1. The number of hydrogen-bond donors (Lipinski definition) is 3. The van der Waals surface area contributed by atoms with E-state index in [0.29, 0.717) is 35.7 Å². The van der Waals surface area contributed by atoms with E-state index < -0.39 is 0 Å². The van der Waals surface area contributed by atoms with E-state index in [0.717, 1.165) is 11.1 Å². The first-order valence-corrected chi connectivity index (χ1v) is 7.87. The van der Waals surface area contributed by atoms with Crippen LogP contribution < -0.4 is 21.8 Å². The standard InChI is InChI=1S/C16H21N5O2S/c1-10-4-5-13(23-2)11(8-10)12-9-14(22)20-16(24)21(12)7-3-6-19-15(17)18/h4-5,8-9H,3,6-7H2,1-2H3,(H4,17,18,19)(H,20,22,24). The summed E-state index contributed by atoms with van der Waals surface area (Å²) in [5, 5.41) is 0. The molecule has 0 spiro atoms. The van der Waals surface area contributed by atoms with Crippen molar-refractivity contribution in [2.75, 3.05) is 13.7 Å². The minimum atomic E-state index is -0.251. The van der Waals surface area contributed by atoms with Crippen LogP contribution in [0.3, 0.4) is 0 Å². The number of benzene rings is 1. The Morgan fingerprint density at radius 1 is 1.38 bits per heavy atom. The lowest BCUT2D eigenvalue weighted by atomic mass is 10.1. The van der Waals surface area contributed by atoms with Crippen molar-refractivity contribution in [3.05, 3.63) is 45.0 Å². The highest BCUT2D eigenvalue weighted by Gasteiger charge is 2.12. The molecule has 1 aromatic heterocycles. The number of aromatic nitrogens is 2. The predicted octanol–water partition coefficient (Wildman–Crippen LogP) is 1.55. The molecule has 0 saturated heterocycles. The predicted molar refractivity (Wildman–Crippen MR) is 97.9 cm³/mol. The number of ether oxygens (including phenoxy) is 1. The zero-order valence-corrected chi connectivity index (χ0v) is 14.5. The number of aromatic amines is 1. The highest BCUT2D eigenvalue weighted by molar-refractivity contribution is 7.71. The van der Waals surface area contributed by atoms with Crippen molar-refractivity contribution >= 4 is 18.2 Å². The molecule has 1 heterocycles. The number of hydrogen-bond acceptors (Lipinski definition) is 4. The largest absolute Gasteiger partial charge is 0.496 e. The van der Waals surface area contributed by atoms with Gasteiger partial charge in [0.15, 0.2) is 10.7 Å². The number of guanidine groups is 1. The average molecular weight is 347 g/mol. The third-order valence-corrected chi connectivity index (χ3v) is 3.82. The molecule has 128 valence electrons. The molecule has 24 heavy (non-hydrogen) atoms. The molecule has 2 rings (SSSR count). The van der Waals surface area contributed by atoms with Gasteiger partial charge in [-0.3, -0.25) is 14.8 Å².